The summed E-state index contributed by atoms with van der Waals surface area (Å²) in [6.45, 7) is 6.61. The summed E-state index contributed by atoms with van der Waals surface area (Å²) in [7, 11) is 0. The van der Waals surface area contributed by atoms with Gasteiger partial charge in [-0.2, -0.15) is 0 Å². The third-order valence-corrected chi connectivity index (χ3v) is 2.99. The van der Waals surface area contributed by atoms with Crippen molar-refractivity contribution in [3.8, 4) is 12.3 Å². The van der Waals surface area contributed by atoms with E-state index in [2.05, 4.69) is 46.8 Å². The lowest BCUT2D eigenvalue weighted by atomic mass is 10.1. The molecule has 0 amide bonds. The number of benzene rings is 1. The van der Waals surface area contributed by atoms with Crippen LogP contribution in [0, 0.1) is 26.2 Å². The van der Waals surface area contributed by atoms with Gasteiger partial charge in [0.25, 0.3) is 0 Å². The summed E-state index contributed by atoms with van der Waals surface area (Å²) in [6.07, 6.45) is 7.07. The van der Waals surface area contributed by atoms with Crippen molar-refractivity contribution in [1.29, 1.82) is 0 Å². The predicted octanol–water partition coefficient (Wildman–Crippen LogP) is 1.88. The lowest BCUT2D eigenvalue weighted by molar-refractivity contribution is 0.641. The van der Waals surface area contributed by atoms with Crippen molar-refractivity contribution in [2.24, 2.45) is 0 Å². The molecule has 0 aliphatic rings. The maximum absolute atomic E-state index is 5.18. The van der Waals surface area contributed by atoms with Crippen molar-refractivity contribution in [3.05, 3.63) is 29.6 Å². The van der Waals surface area contributed by atoms with E-state index in [9.17, 15) is 0 Å². The van der Waals surface area contributed by atoms with Gasteiger partial charge in [0.2, 0.25) is 0 Å². The normalized spacial score (nSPS) is 10.6. The van der Waals surface area contributed by atoms with E-state index in [1.165, 1.54) is 16.6 Å². The molecular weight excluding hydrogens is 210 g/mol. The molecule has 0 fully saturated rings. The van der Waals surface area contributed by atoms with E-state index in [-0.39, 0.29) is 0 Å². The van der Waals surface area contributed by atoms with Crippen molar-refractivity contribution in [1.82, 2.24) is 14.9 Å². The first-order valence-corrected chi connectivity index (χ1v) is 5.78. The molecule has 1 aromatic heterocycles. The Kier molecular flexibility index (Phi) is 3.46. The van der Waals surface area contributed by atoms with Gasteiger partial charge in [-0.3, -0.25) is 0 Å². The molecular formula is C14H17N3. The molecule has 0 radical (unpaired) electrons. The molecule has 0 bridgehead atoms. The molecule has 0 spiro atoms. The zero-order valence-electron chi connectivity index (χ0n) is 10.3. The number of nitrogens with one attached hydrogen (secondary N) is 1. The lowest BCUT2D eigenvalue weighted by Crippen LogP contribution is -2.19. The molecule has 0 aliphatic carbocycles. The Morgan fingerprint density at radius 2 is 2.12 bits per heavy atom. The van der Waals surface area contributed by atoms with Crippen LogP contribution < -0.4 is 5.32 Å². The Balaban J connectivity index is 2.18. The fraction of sp³-hybridized carbons (Fsp3) is 0.357. The highest BCUT2D eigenvalue weighted by atomic mass is 15.1. The molecule has 0 aliphatic heterocycles. The fourth-order valence-electron chi connectivity index (χ4n) is 1.85. The predicted molar refractivity (Wildman–Crippen MR) is 70.9 cm³/mol. The van der Waals surface area contributed by atoms with Crippen LogP contribution in [0.5, 0.6) is 0 Å². The van der Waals surface area contributed by atoms with Crippen molar-refractivity contribution in [2.45, 2.75) is 20.4 Å². The number of hydrogen-bond donors (Lipinski definition) is 1. The number of imidazole rings is 1. The van der Waals surface area contributed by atoms with E-state index in [0.717, 1.165) is 18.6 Å². The second-order valence-electron chi connectivity index (χ2n) is 4.24. The highest BCUT2D eigenvalue weighted by molar-refractivity contribution is 5.77. The second-order valence-corrected chi connectivity index (χ2v) is 4.24. The van der Waals surface area contributed by atoms with Gasteiger partial charge in [0.05, 0.1) is 23.9 Å². The van der Waals surface area contributed by atoms with Crippen molar-refractivity contribution in [2.75, 3.05) is 13.1 Å². The number of terminal acetylenes is 1. The first kappa shape index (κ1) is 11.7. The van der Waals surface area contributed by atoms with Crippen LogP contribution in [-0.2, 0) is 6.54 Å². The standard InChI is InChI=1S/C14H17N3/c1-4-5-15-6-7-17-10-16-13-8-11(2)12(3)9-14(13)17/h1,8-10,15H,5-7H2,2-3H3. The maximum atomic E-state index is 5.18. The molecule has 2 rings (SSSR count). The average molecular weight is 227 g/mol. The molecule has 2 aromatic rings. The summed E-state index contributed by atoms with van der Waals surface area (Å²) in [6, 6.07) is 4.33. The second kappa shape index (κ2) is 5.03. The Bertz CT molecular complexity index is 561. The molecule has 0 unspecified atom stereocenters. The summed E-state index contributed by atoms with van der Waals surface area (Å²) in [5, 5.41) is 3.18. The van der Waals surface area contributed by atoms with Gasteiger partial charge >= 0.3 is 0 Å². The van der Waals surface area contributed by atoms with E-state index < -0.39 is 0 Å². The van der Waals surface area contributed by atoms with E-state index in [0.29, 0.717) is 6.54 Å². The molecule has 0 saturated carbocycles. The topological polar surface area (TPSA) is 29.9 Å². The number of aromatic nitrogens is 2. The Morgan fingerprint density at radius 1 is 1.35 bits per heavy atom. The van der Waals surface area contributed by atoms with Gasteiger partial charge in [0, 0.05) is 13.1 Å². The summed E-state index contributed by atoms with van der Waals surface area (Å²) < 4.78 is 2.16. The summed E-state index contributed by atoms with van der Waals surface area (Å²) in [5.74, 6) is 2.57. The van der Waals surface area contributed by atoms with Gasteiger partial charge in [-0.1, -0.05) is 5.92 Å². The van der Waals surface area contributed by atoms with Crippen LogP contribution >= 0.6 is 0 Å². The lowest BCUT2D eigenvalue weighted by Gasteiger charge is -2.06. The molecule has 0 saturated heterocycles. The van der Waals surface area contributed by atoms with Gasteiger partial charge in [-0.25, -0.2) is 4.98 Å². The van der Waals surface area contributed by atoms with E-state index in [1.54, 1.807) is 0 Å². The average Bonchev–Trinajstić information content (AvgIpc) is 2.68. The van der Waals surface area contributed by atoms with E-state index >= 15 is 0 Å². The highest BCUT2D eigenvalue weighted by Crippen LogP contribution is 2.17. The smallest absolute Gasteiger partial charge is 0.0958 e. The third kappa shape index (κ3) is 2.48. The summed E-state index contributed by atoms with van der Waals surface area (Å²) in [5.41, 5.74) is 4.84. The van der Waals surface area contributed by atoms with Crippen LogP contribution in [0.4, 0.5) is 0 Å². The Labute approximate surface area is 102 Å². The fourth-order valence-corrected chi connectivity index (χ4v) is 1.85. The third-order valence-electron chi connectivity index (χ3n) is 2.99. The van der Waals surface area contributed by atoms with Gasteiger partial charge in [-0.15, -0.1) is 6.42 Å². The molecule has 3 nitrogen and oxygen atoms in total. The zero-order chi connectivity index (χ0) is 12.3. The highest BCUT2D eigenvalue weighted by Gasteiger charge is 2.04. The molecule has 88 valence electrons. The first-order valence-electron chi connectivity index (χ1n) is 5.78. The number of rotatable bonds is 4. The van der Waals surface area contributed by atoms with Gasteiger partial charge < -0.3 is 9.88 Å². The molecule has 1 N–H and O–H groups in total. The van der Waals surface area contributed by atoms with Crippen LogP contribution in [0.1, 0.15) is 11.1 Å². The number of aryl methyl sites for hydroxylation is 2. The van der Waals surface area contributed by atoms with Crippen molar-refractivity contribution in [3.63, 3.8) is 0 Å². The quantitative estimate of drug-likeness (QED) is 0.638. The van der Waals surface area contributed by atoms with Crippen molar-refractivity contribution >= 4 is 11.0 Å². The molecule has 1 heterocycles. The molecule has 1 aromatic carbocycles. The number of nitrogens with zero attached hydrogens (tertiary/aromatic N) is 2. The first-order chi connectivity index (χ1) is 8.22. The molecule has 17 heavy (non-hydrogen) atoms. The maximum Gasteiger partial charge on any atom is 0.0958 e. The zero-order valence-corrected chi connectivity index (χ0v) is 10.3. The SMILES string of the molecule is C#CCNCCn1cnc2cc(C)c(C)cc21. The Hall–Kier alpha value is -1.79. The minimum atomic E-state index is 0.616. The summed E-state index contributed by atoms with van der Waals surface area (Å²) in [4.78, 5) is 4.41. The minimum Gasteiger partial charge on any atom is -0.329 e. The summed E-state index contributed by atoms with van der Waals surface area (Å²) >= 11 is 0. The monoisotopic (exact) mass is 227 g/mol. The van der Waals surface area contributed by atoms with E-state index in [4.69, 9.17) is 6.42 Å². The van der Waals surface area contributed by atoms with Gasteiger partial charge in [0.15, 0.2) is 0 Å². The minimum absolute atomic E-state index is 0.616. The van der Waals surface area contributed by atoms with Crippen LogP contribution in [0.2, 0.25) is 0 Å². The van der Waals surface area contributed by atoms with Crippen molar-refractivity contribution < 1.29 is 0 Å². The van der Waals surface area contributed by atoms with Crippen LogP contribution in [-0.4, -0.2) is 22.6 Å². The van der Waals surface area contributed by atoms with Gasteiger partial charge in [0.1, 0.15) is 0 Å². The van der Waals surface area contributed by atoms with E-state index in [1.807, 2.05) is 6.33 Å². The Morgan fingerprint density at radius 3 is 2.88 bits per heavy atom. The number of hydrogen-bond acceptors (Lipinski definition) is 2. The molecule has 0 atom stereocenters. The van der Waals surface area contributed by atoms with Crippen LogP contribution in [0.3, 0.4) is 0 Å². The van der Waals surface area contributed by atoms with Crippen LogP contribution in [0.25, 0.3) is 11.0 Å². The number of fused-ring (bicyclic) bond motifs is 1. The van der Waals surface area contributed by atoms with Gasteiger partial charge in [-0.05, 0) is 37.1 Å². The van der Waals surface area contributed by atoms with Crippen LogP contribution in [0.15, 0.2) is 18.5 Å². The molecule has 3 heteroatoms. The largest absolute Gasteiger partial charge is 0.329 e.